The Balaban J connectivity index is 1.88. The summed E-state index contributed by atoms with van der Waals surface area (Å²) in [6.45, 7) is 1.10. The van der Waals surface area contributed by atoms with Crippen LogP contribution in [0.15, 0.2) is 32.8 Å². The number of urea groups is 1. The molecule has 2 heterocycles. The first-order valence-corrected chi connectivity index (χ1v) is 10.8. The number of furan rings is 1. The molecule has 0 radical (unpaired) electrons. The molecule has 34 heavy (non-hydrogen) atoms. The van der Waals surface area contributed by atoms with Crippen molar-refractivity contribution >= 4 is 57.5 Å². The topological polar surface area (TPSA) is 145 Å². The number of carboxylic acid groups (broad SMARTS) is 1. The number of hydrogen-bond donors (Lipinski definition) is 2. The van der Waals surface area contributed by atoms with Crippen LogP contribution < -0.4 is 14.8 Å². The van der Waals surface area contributed by atoms with Gasteiger partial charge < -0.3 is 29.1 Å². The van der Waals surface area contributed by atoms with Crippen molar-refractivity contribution in [3.8, 4) is 11.5 Å². The third kappa shape index (κ3) is 5.34. The van der Waals surface area contributed by atoms with Crippen LogP contribution in [0.4, 0.5) is 4.79 Å². The molecule has 1 fully saturated rings. The lowest BCUT2D eigenvalue weighted by molar-refractivity contribution is -0.139. The summed E-state index contributed by atoms with van der Waals surface area (Å²) < 4.78 is 20.9. The minimum atomic E-state index is -1.20. The average molecular weight is 558 g/mol. The van der Waals surface area contributed by atoms with Gasteiger partial charge in [-0.2, -0.15) is 0 Å². The van der Waals surface area contributed by atoms with Crippen LogP contribution in [0.25, 0.3) is 6.08 Å². The van der Waals surface area contributed by atoms with Crippen molar-refractivity contribution in [1.82, 2.24) is 10.2 Å². The number of aliphatic carboxylic acids is 1. The zero-order chi connectivity index (χ0) is 25.0. The quantitative estimate of drug-likeness (QED) is 0.269. The molecule has 180 valence electrons. The number of carbonyl (C=O) groups is 4. The van der Waals surface area contributed by atoms with Gasteiger partial charge in [0.2, 0.25) is 5.76 Å². The Bertz CT molecular complexity index is 1190. The number of imide groups is 1. The zero-order valence-corrected chi connectivity index (χ0v) is 20.2. The molecular formula is C21H18BrClN2O9. The molecule has 0 spiro atoms. The van der Waals surface area contributed by atoms with E-state index in [2.05, 4.69) is 26.0 Å². The number of methoxy groups -OCH3 is 1. The van der Waals surface area contributed by atoms with Gasteiger partial charge in [0.15, 0.2) is 18.1 Å². The minimum Gasteiger partial charge on any atom is -0.490 e. The van der Waals surface area contributed by atoms with E-state index in [1.165, 1.54) is 31.4 Å². The van der Waals surface area contributed by atoms with Gasteiger partial charge in [-0.05, 0) is 52.7 Å². The molecule has 1 aliphatic heterocycles. The van der Waals surface area contributed by atoms with Gasteiger partial charge in [-0.1, -0.05) is 11.6 Å². The summed E-state index contributed by atoms with van der Waals surface area (Å²) in [5.74, 6) is -2.22. The summed E-state index contributed by atoms with van der Waals surface area (Å²) in [5, 5.41) is 11.4. The van der Waals surface area contributed by atoms with Crippen molar-refractivity contribution in [3.63, 3.8) is 0 Å². The molecule has 3 rings (SSSR count). The first-order valence-electron chi connectivity index (χ1n) is 9.67. The zero-order valence-electron chi connectivity index (χ0n) is 17.8. The average Bonchev–Trinajstić information content (AvgIpc) is 3.37. The number of ether oxygens (including phenoxy) is 3. The Kier molecular flexibility index (Phi) is 7.84. The van der Waals surface area contributed by atoms with Gasteiger partial charge in [-0.3, -0.25) is 9.69 Å². The normalized spacial score (nSPS) is 14.4. The third-order valence-electron chi connectivity index (χ3n) is 4.42. The largest absolute Gasteiger partial charge is 0.490 e. The van der Waals surface area contributed by atoms with Crippen LogP contribution >= 0.6 is 27.5 Å². The molecule has 0 saturated carbocycles. The summed E-state index contributed by atoms with van der Waals surface area (Å²) in [4.78, 5) is 48.5. The molecule has 2 N–H and O–H groups in total. The highest BCUT2D eigenvalue weighted by Crippen LogP contribution is 2.43. The van der Waals surface area contributed by atoms with Crippen molar-refractivity contribution in [3.05, 3.63) is 50.5 Å². The number of hydrogen-bond acceptors (Lipinski definition) is 8. The van der Waals surface area contributed by atoms with E-state index in [1.54, 1.807) is 6.92 Å². The molecule has 3 amide bonds. The van der Waals surface area contributed by atoms with E-state index in [-0.39, 0.29) is 46.9 Å². The summed E-state index contributed by atoms with van der Waals surface area (Å²) in [6, 6.07) is 3.62. The maximum Gasteiger partial charge on any atom is 0.373 e. The van der Waals surface area contributed by atoms with Gasteiger partial charge in [0.05, 0.1) is 20.3 Å². The lowest BCUT2D eigenvalue weighted by Crippen LogP contribution is -2.30. The number of nitrogens with zero attached hydrogens (tertiary/aromatic N) is 1. The fourth-order valence-electron chi connectivity index (χ4n) is 2.94. The van der Waals surface area contributed by atoms with Crippen molar-refractivity contribution < 1.29 is 42.9 Å². The Morgan fingerprint density at radius 2 is 2.03 bits per heavy atom. The van der Waals surface area contributed by atoms with E-state index < -0.39 is 30.5 Å². The molecule has 0 bridgehead atoms. The van der Waals surface area contributed by atoms with Gasteiger partial charge in [-0.15, -0.1) is 0 Å². The molecule has 1 aromatic carbocycles. The number of carbonyl (C=O) groups excluding carboxylic acids is 3. The maximum atomic E-state index is 12.8. The molecule has 1 saturated heterocycles. The van der Waals surface area contributed by atoms with Crippen molar-refractivity contribution in [1.29, 1.82) is 0 Å². The van der Waals surface area contributed by atoms with Gasteiger partial charge in [0.25, 0.3) is 5.91 Å². The van der Waals surface area contributed by atoms with Crippen LogP contribution in [-0.4, -0.2) is 54.2 Å². The third-order valence-corrected chi connectivity index (χ3v) is 5.86. The Morgan fingerprint density at radius 3 is 2.68 bits per heavy atom. The van der Waals surface area contributed by atoms with E-state index in [0.29, 0.717) is 10.0 Å². The number of nitrogens with one attached hydrogen (secondary N) is 1. The molecule has 2 aromatic rings. The monoisotopic (exact) mass is 556 g/mol. The maximum absolute atomic E-state index is 12.8. The lowest BCUT2D eigenvalue weighted by atomic mass is 10.1. The van der Waals surface area contributed by atoms with Gasteiger partial charge in [0.1, 0.15) is 16.5 Å². The van der Waals surface area contributed by atoms with E-state index in [1.807, 2.05) is 0 Å². The highest BCUT2D eigenvalue weighted by Gasteiger charge is 2.35. The molecule has 0 unspecified atom stereocenters. The van der Waals surface area contributed by atoms with Gasteiger partial charge >= 0.3 is 18.0 Å². The number of carboxylic acids is 1. The lowest BCUT2D eigenvalue weighted by Gasteiger charge is -2.15. The Hall–Kier alpha value is -3.51. The van der Waals surface area contributed by atoms with E-state index in [0.717, 1.165) is 4.90 Å². The van der Waals surface area contributed by atoms with Crippen LogP contribution in [-0.2, 0) is 20.9 Å². The van der Waals surface area contributed by atoms with Gasteiger partial charge in [0, 0.05) is 4.47 Å². The predicted octanol–water partition coefficient (Wildman–Crippen LogP) is 3.44. The fraction of sp³-hybridized carbons (Fsp3) is 0.238. The van der Waals surface area contributed by atoms with E-state index in [4.69, 9.17) is 30.6 Å². The molecule has 11 nitrogen and oxygen atoms in total. The first kappa shape index (κ1) is 25.1. The SMILES string of the molecule is CCOc1cc(/C=C2\NC(=O)N(Cc3ccc(C(=O)OC)o3)C2=O)c(Br)c(Cl)c1OCC(=O)O. The van der Waals surface area contributed by atoms with E-state index in [9.17, 15) is 19.2 Å². The number of esters is 1. The van der Waals surface area contributed by atoms with E-state index >= 15 is 0 Å². The number of amides is 3. The smallest absolute Gasteiger partial charge is 0.373 e. The molecule has 1 aliphatic rings. The molecule has 13 heteroatoms. The second-order valence-electron chi connectivity index (χ2n) is 6.67. The minimum absolute atomic E-state index is 0.0163. The molecule has 1 aromatic heterocycles. The number of rotatable bonds is 9. The second kappa shape index (κ2) is 10.6. The molecule has 0 atom stereocenters. The summed E-state index contributed by atoms with van der Waals surface area (Å²) in [5.41, 5.74) is 0.316. The van der Waals surface area contributed by atoms with Crippen LogP contribution in [0.2, 0.25) is 5.02 Å². The number of halogens is 2. The Labute approximate surface area is 206 Å². The molecule has 0 aliphatic carbocycles. The first-order chi connectivity index (χ1) is 16.2. The predicted molar refractivity (Wildman–Crippen MR) is 121 cm³/mol. The highest BCUT2D eigenvalue weighted by molar-refractivity contribution is 9.10. The van der Waals surface area contributed by atoms with Crippen LogP contribution in [0, 0.1) is 0 Å². The van der Waals surface area contributed by atoms with Crippen molar-refractivity contribution in [2.75, 3.05) is 20.3 Å². The van der Waals surface area contributed by atoms with Crippen molar-refractivity contribution in [2.45, 2.75) is 13.5 Å². The fourth-order valence-corrected chi connectivity index (χ4v) is 3.61. The summed E-state index contributed by atoms with van der Waals surface area (Å²) in [7, 11) is 1.20. The molecular weight excluding hydrogens is 540 g/mol. The summed E-state index contributed by atoms with van der Waals surface area (Å²) >= 11 is 9.64. The van der Waals surface area contributed by atoms with Crippen LogP contribution in [0.5, 0.6) is 11.5 Å². The highest BCUT2D eigenvalue weighted by atomic mass is 79.9. The number of benzene rings is 1. The van der Waals surface area contributed by atoms with Gasteiger partial charge in [-0.25, -0.2) is 14.4 Å². The Morgan fingerprint density at radius 1 is 1.29 bits per heavy atom. The van der Waals surface area contributed by atoms with Crippen molar-refractivity contribution in [2.24, 2.45) is 0 Å². The summed E-state index contributed by atoms with van der Waals surface area (Å²) in [6.07, 6.45) is 1.38. The standard InChI is InChI=1S/C21H18BrClN2O9/c1-3-32-14-7-10(16(22)17(23)18(14)33-9-15(26)27)6-12-19(28)25(21(30)24-12)8-11-4-5-13(34-11)20(29)31-2/h4-7H,3,8-9H2,1-2H3,(H,24,30)(H,26,27)/b12-6-. The van der Waals surface area contributed by atoms with Crippen LogP contribution in [0.3, 0.4) is 0 Å². The van der Waals surface area contributed by atoms with Crippen LogP contribution in [0.1, 0.15) is 28.8 Å². The second-order valence-corrected chi connectivity index (χ2v) is 7.84.